The van der Waals surface area contributed by atoms with E-state index >= 15 is 0 Å². The number of sulfonamides is 1. The number of nitrogens with zero attached hydrogens (tertiary/aromatic N) is 2. The maximum Gasteiger partial charge on any atom is 0.243 e. The molecule has 0 radical (unpaired) electrons. The second-order valence-corrected chi connectivity index (χ2v) is 9.02. The van der Waals surface area contributed by atoms with Gasteiger partial charge in [-0.2, -0.15) is 4.31 Å². The fraction of sp³-hybridized carbons (Fsp3) is 0.647. The van der Waals surface area contributed by atoms with Gasteiger partial charge in [0.1, 0.15) is 5.82 Å². The van der Waals surface area contributed by atoms with Gasteiger partial charge >= 0.3 is 0 Å². The van der Waals surface area contributed by atoms with Crippen LogP contribution >= 0.6 is 0 Å². The molecule has 7 heteroatoms. The third-order valence-corrected chi connectivity index (χ3v) is 7.39. The lowest BCUT2D eigenvalue weighted by atomic mass is 9.93. The molecule has 0 unspecified atom stereocenters. The number of benzene rings is 1. The fourth-order valence-corrected chi connectivity index (χ4v) is 5.69. The summed E-state index contributed by atoms with van der Waals surface area (Å²) in [5, 5.41) is 0. The lowest BCUT2D eigenvalue weighted by Crippen LogP contribution is -2.34. The summed E-state index contributed by atoms with van der Waals surface area (Å²) < 4.78 is 46.0. The molecule has 3 saturated heterocycles. The van der Waals surface area contributed by atoms with E-state index in [0.29, 0.717) is 19.0 Å². The maximum absolute atomic E-state index is 13.1. The van der Waals surface area contributed by atoms with Crippen molar-refractivity contribution in [2.75, 3.05) is 39.3 Å². The summed E-state index contributed by atoms with van der Waals surface area (Å²) in [5.74, 6) is 0.239. The normalized spacial score (nSPS) is 31.6. The summed E-state index contributed by atoms with van der Waals surface area (Å²) >= 11 is 0. The van der Waals surface area contributed by atoms with Gasteiger partial charge in [0.2, 0.25) is 10.0 Å². The highest BCUT2D eigenvalue weighted by Crippen LogP contribution is 2.37. The largest absolute Gasteiger partial charge is 0.376 e. The summed E-state index contributed by atoms with van der Waals surface area (Å²) in [7, 11) is -3.58. The first-order valence-corrected chi connectivity index (χ1v) is 10.1. The van der Waals surface area contributed by atoms with Crippen LogP contribution in [0.2, 0.25) is 0 Å². The maximum atomic E-state index is 13.1. The number of rotatable bonds is 4. The molecular formula is C17H23FN2O3S. The zero-order valence-electron chi connectivity index (χ0n) is 13.6. The van der Waals surface area contributed by atoms with Crippen molar-refractivity contribution >= 4 is 10.0 Å². The Labute approximate surface area is 142 Å². The number of likely N-dealkylation sites (tertiary alicyclic amines) is 1. The Hall–Kier alpha value is -1.02. The molecule has 3 atom stereocenters. The van der Waals surface area contributed by atoms with E-state index in [4.69, 9.17) is 4.74 Å². The Morgan fingerprint density at radius 2 is 1.83 bits per heavy atom. The van der Waals surface area contributed by atoms with Crippen LogP contribution < -0.4 is 0 Å². The quantitative estimate of drug-likeness (QED) is 0.823. The van der Waals surface area contributed by atoms with E-state index in [1.807, 2.05) is 0 Å². The molecule has 3 aliphatic rings. The van der Waals surface area contributed by atoms with E-state index in [1.54, 1.807) is 0 Å². The van der Waals surface area contributed by atoms with Crippen LogP contribution in [0.15, 0.2) is 29.2 Å². The Bertz CT molecular complexity index is 688. The number of hydrogen-bond acceptors (Lipinski definition) is 4. The van der Waals surface area contributed by atoms with Crippen molar-refractivity contribution in [3.8, 4) is 0 Å². The van der Waals surface area contributed by atoms with E-state index in [9.17, 15) is 12.8 Å². The van der Waals surface area contributed by atoms with Gasteiger partial charge in [-0.05, 0) is 50.2 Å². The first kappa shape index (κ1) is 16.4. The Morgan fingerprint density at radius 3 is 2.54 bits per heavy atom. The first-order valence-electron chi connectivity index (χ1n) is 8.64. The van der Waals surface area contributed by atoms with Crippen LogP contribution in [0.5, 0.6) is 0 Å². The molecule has 1 aromatic carbocycles. The molecule has 0 bridgehead atoms. The topological polar surface area (TPSA) is 49.9 Å². The summed E-state index contributed by atoms with van der Waals surface area (Å²) in [5.41, 5.74) is 0. The van der Waals surface area contributed by atoms with Gasteiger partial charge in [0.15, 0.2) is 0 Å². The van der Waals surface area contributed by atoms with Crippen molar-refractivity contribution in [3.05, 3.63) is 30.1 Å². The fourth-order valence-electron chi connectivity index (χ4n) is 4.20. The smallest absolute Gasteiger partial charge is 0.243 e. The SMILES string of the molecule is O=S(=O)(c1ccc(F)cc1)N1C[C@@H]2[C@H](CN3CCCC3)CO[C@@H]2C1. The van der Waals surface area contributed by atoms with Gasteiger partial charge < -0.3 is 9.64 Å². The third-order valence-electron chi connectivity index (χ3n) is 5.55. The third kappa shape index (κ3) is 2.98. The summed E-state index contributed by atoms with van der Waals surface area (Å²) in [6, 6.07) is 5.05. The van der Waals surface area contributed by atoms with Crippen molar-refractivity contribution in [2.45, 2.75) is 23.8 Å². The van der Waals surface area contributed by atoms with Gasteiger partial charge in [-0.25, -0.2) is 12.8 Å². The Kier molecular flexibility index (Phi) is 4.36. The summed E-state index contributed by atoms with van der Waals surface area (Å²) in [6.07, 6.45) is 2.51. The van der Waals surface area contributed by atoms with E-state index in [1.165, 1.54) is 41.4 Å². The predicted molar refractivity (Wildman–Crippen MR) is 87.6 cm³/mol. The highest BCUT2D eigenvalue weighted by Gasteiger charge is 2.47. The van der Waals surface area contributed by atoms with Gasteiger partial charge in [-0.15, -0.1) is 0 Å². The van der Waals surface area contributed by atoms with Crippen LogP contribution in [0.25, 0.3) is 0 Å². The van der Waals surface area contributed by atoms with Crippen LogP contribution in [0.1, 0.15) is 12.8 Å². The zero-order valence-corrected chi connectivity index (χ0v) is 14.4. The average molecular weight is 354 g/mol. The molecule has 24 heavy (non-hydrogen) atoms. The predicted octanol–water partition coefficient (Wildman–Crippen LogP) is 1.56. The van der Waals surface area contributed by atoms with Crippen molar-refractivity contribution in [1.29, 1.82) is 0 Å². The van der Waals surface area contributed by atoms with Crippen molar-refractivity contribution in [1.82, 2.24) is 9.21 Å². The van der Waals surface area contributed by atoms with Crippen LogP contribution in [0.3, 0.4) is 0 Å². The molecule has 3 fully saturated rings. The first-order chi connectivity index (χ1) is 11.5. The minimum Gasteiger partial charge on any atom is -0.376 e. The van der Waals surface area contributed by atoms with Crippen molar-refractivity contribution in [3.63, 3.8) is 0 Å². The molecule has 0 amide bonds. The standard InChI is InChI=1S/C17H23FN2O3S/c18-14-3-5-15(6-4-14)24(21,22)20-10-16-13(12-23-17(16)11-20)9-19-7-1-2-8-19/h3-6,13,16-17H,1-2,7-12H2/t13-,16-,17-/m1/s1. The molecule has 132 valence electrons. The van der Waals surface area contributed by atoms with Crippen LogP contribution in [-0.4, -0.2) is 63.1 Å². The number of halogens is 1. The molecule has 0 saturated carbocycles. The number of hydrogen-bond donors (Lipinski definition) is 0. The molecule has 3 aliphatic heterocycles. The number of fused-ring (bicyclic) bond motifs is 1. The average Bonchev–Trinajstić information content (AvgIpc) is 3.27. The van der Waals surface area contributed by atoms with Gasteiger partial charge in [-0.3, -0.25) is 0 Å². The van der Waals surface area contributed by atoms with Gasteiger partial charge in [0.25, 0.3) is 0 Å². The molecule has 3 heterocycles. The van der Waals surface area contributed by atoms with Crippen LogP contribution in [0, 0.1) is 17.7 Å². The van der Waals surface area contributed by atoms with Crippen LogP contribution in [0.4, 0.5) is 4.39 Å². The van der Waals surface area contributed by atoms with Crippen molar-refractivity contribution < 1.29 is 17.5 Å². The molecule has 0 spiro atoms. The minimum absolute atomic E-state index is 0.00664. The van der Waals surface area contributed by atoms with Gasteiger partial charge in [0, 0.05) is 31.5 Å². The van der Waals surface area contributed by atoms with E-state index in [0.717, 1.165) is 26.2 Å². The Morgan fingerprint density at radius 1 is 1.12 bits per heavy atom. The Balaban J connectivity index is 1.46. The second kappa shape index (κ2) is 6.37. The molecule has 0 aliphatic carbocycles. The lowest BCUT2D eigenvalue weighted by molar-refractivity contribution is 0.101. The van der Waals surface area contributed by atoms with E-state index < -0.39 is 15.8 Å². The molecule has 1 aromatic rings. The van der Waals surface area contributed by atoms with Gasteiger partial charge in [0.05, 0.1) is 17.6 Å². The molecular weight excluding hydrogens is 331 g/mol. The second-order valence-electron chi connectivity index (χ2n) is 7.08. The highest BCUT2D eigenvalue weighted by molar-refractivity contribution is 7.89. The molecule has 4 rings (SSSR count). The molecule has 5 nitrogen and oxygen atoms in total. The molecule has 0 N–H and O–H groups in total. The monoisotopic (exact) mass is 354 g/mol. The summed E-state index contributed by atoms with van der Waals surface area (Å²) in [6.45, 7) is 4.93. The number of ether oxygens (including phenoxy) is 1. The van der Waals surface area contributed by atoms with Crippen LogP contribution in [-0.2, 0) is 14.8 Å². The highest BCUT2D eigenvalue weighted by atomic mass is 32.2. The van der Waals surface area contributed by atoms with Crippen molar-refractivity contribution in [2.24, 2.45) is 11.8 Å². The minimum atomic E-state index is -3.58. The zero-order chi connectivity index (χ0) is 16.7. The lowest BCUT2D eigenvalue weighted by Gasteiger charge is -2.23. The van der Waals surface area contributed by atoms with E-state index in [2.05, 4.69) is 4.90 Å². The van der Waals surface area contributed by atoms with Gasteiger partial charge in [-0.1, -0.05) is 0 Å². The van der Waals surface area contributed by atoms with E-state index in [-0.39, 0.29) is 16.9 Å². The summed E-state index contributed by atoms with van der Waals surface area (Å²) in [4.78, 5) is 2.62. The molecule has 0 aromatic heterocycles.